The van der Waals surface area contributed by atoms with Crippen molar-refractivity contribution >= 4 is 5.82 Å². The van der Waals surface area contributed by atoms with Gasteiger partial charge in [0.15, 0.2) is 0 Å². The number of nitrogens with zero attached hydrogens (tertiary/aromatic N) is 3. The molecular formula is C14H28N4O. The van der Waals surface area contributed by atoms with Crippen LogP contribution in [0.1, 0.15) is 31.5 Å². The van der Waals surface area contributed by atoms with E-state index in [0.717, 1.165) is 31.8 Å². The largest absolute Gasteiger partial charge is 0.383 e. The molecule has 5 nitrogen and oxygen atoms in total. The lowest BCUT2D eigenvalue weighted by molar-refractivity contribution is 0.199. The Morgan fingerprint density at radius 2 is 2.16 bits per heavy atom. The van der Waals surface area contributed by atoms with E-state index in [-0.39, 0.29) is 0 Å². The standard InChI is InChI=1S/C14H28N4O/c1-7-11(2)17(4)14-13(10-15-8-9-19-6)12(3)16-18(14)5/h11,15H,7-10H2,1-6H3. The Labute approximate surface area is 116 Å². The molecule has 0 radical (unpaired) electrons. The second-order valence-corrected chi connectivity index (χ2v) is 5.05. The average molecular weight is 268 g/mol. The molecule has 1 atom stereocenters. The molecule has 0 bridgehead atoms. The first-order valence-electron chi connectivity index (χ1n) is 6.97. The van der Waals surface area contributed by atoms with E-state index in [9.17, 15) is 0 Å². The molecule has 0 aromatic carbocycles. The van der Waals surface area contributed by atoms with Crippen molar-refractivity contribution in [1.82, 2.24) is 15.1 Å². The lowest BCUT2D eigenvalue weighted by Crippen LogP contribution is -2.31. The molecule has 1 unspecified atom stereocenters. The summed E-state index contributed by atoms with van der Waals surface area (Å²) in [5, 5.41) is 7.96. The summed E-state index contributed by atoms with van der Waals surface area (Å²) in [6, 6.07) is 0.507. The fraction of sp³-hybridized carbons (Fsp3) is 0.786. The van der Waals surface area contributed by atoms with Gasteiger partial charge in [0.1, 0.15) is 5.82 Å². The number of nitrogens with one attached hydrogen (secondary N) is 1. The summed E-state index contributed by atoms with van der Waals surface area (Å²) in [6.07, 6.45) is 1.12. The monoisotopic (exact) mass is 268 g/mol. The first-order valence-corrected chi connectivity index (χ1v) is 6.97. The van der Waals surface area contributed by atoms with E-state index in [4.69, 9.17) is 4.74 Å². The zero-order chi connectivity index (χ0) is 14.4. The van der Waals surface area contributed by atoms with Crippen molar-refractivity contribution in [3.05, 3.63) is 11.3 Å². The lowest BCUT2D eigenvalue weighted by Gasteiger charge is -2.27. The minimum absolute atomic E-state index is 0.507. The third-order valence-electron chi connectivity index (χ3n) is 3.68. The van der Waals surface area contributed by atoms with Gasteiger partial charge >= 0.3 is 0 Å². The molecule has 0 aliphatic carbocycles. The van der Waals surface area contributed by atoms with Crippen molar-refractivity contribution in [2.45, 2.75) is 39.8 Å². The van der Waals surface area contributed by atoms with E-state index < -0.39 is 0 Å². The summed E-state index contributed by atoms with van der Waals surface area (Å²) >= 11 is 0. The van der Waals surface area contributed by atoms with Gasteiger partial charge in [0.05, 0.1) is 12.3 Å². The quantitative estimate of drug-likeness (QED) is 0.729. The summed E-state index contributed by atoms with van der Waals surface area (Å²) in [5.74, 6) is 1.21. The Hall–Kier alpha value is -1.07. The molecule has 0 aliphatic heterocycles. The van der Waals surface area contributed by atoms with E-state index in [1.165, 1.54) is 11.4 Å². The summed E-state index contributed by atoms with van der Waals surface area (Å²) in [6.45, 7) is 8.94. The van der Waals surface area contributed by atoms with Gasteiger partial charge in [-0.25, -0.2) is 0 Å². The molecule has 1 aromatic heterocycles. The molecule has 19 heavy (non-hydrogen) atoms. The van der Waals surface area contributed by atoms with Crippen molar-refractivity contribution < 1.29 is 4.74 Å². The van der Waals surface area contributed by atoms with Crippen molar-refractivity contribution in [1.29, 1.82) is 0 Å². The Balaban J connectivity index is 2.84. The molecule has 0 aliphatic rings. The van der Waals surface area contributed by atoms with Crippen molar-refractivity contribution in [2.24, 2.45) is 7.05 Å². The van der Waals surface area contributed by atoms with Crippen LogP contribution in [0.5, 0.6) is 0 Å². The molecular weight excluding hydrogens is 240 g/mol. The Morgan fingerprint density at radius 1 is 1.47 bits per heavy atom. The van der Waals surface area contributed by atoms with Crippen LogP contribution < -0.4 is 10.2 Å². The van der Waals surface area contributed by atoms with Crippen LogP contribution in [0.2, 0.25) is 0 Å². The van der Waals surface area contributed by atoms with E-state index in [0.29, 0.717) is 6.04 Å². The third kappa shape index (κ3) is 3.94. The fourth-order valence-electron chi connectivity index (χ4n) is 2.21. The molecule has 0 amide bonds. The Kier molecular flexibility index (Phi) is 6.31. The Bertz CT molecular complexity index is 389. The fourth-order valence-corrected chi connectivity index (χ4v) is 2.21. The normalized spacial score (nSPS) is 12.7. The van der Waals surface area contributed by atoms with E-state index in [2.05, 4.69) is 43.1 Å². The van der Waals surface area contributed by atoms with Crippen LogP contribution in [0.15, 0.2) is 0 Å². The SMILES string of the molecule is CCC(C)N(C)c1c(CNCCOC)c(C)nn1C. The maximum absolute atomic E-state index is 5.05. The zero-order valence-corrected chi connectivity index (χ0v) is 13.2. The highest BCUT2D eigenvalue weighted by Gasteiger charge is 2.19. The van der Waals surface area contributed by atoms with Gasteiger partial charge in [-0.2, -0.15) is 5.10 Å². The predicted molar refractivity (Wildman–Crippen MR) is 79.7 cm³/mol. The first kappa shape index (κ1) is 16.0. The number of aryl methyl sites for hydroxylation is 2. The molecule has 110 valence electrons. The minimum atomic E-state index is 0.507. The molecule has 5 heteroatoms. The number of aromatic nitrogens is 2. The van der Waals surface area contributed by atoms with Crippen LogP contribution in [-0.4, -0.2) is 43.1 Å². The first-order chi connectivity index (χ1) is 9.02. The van der Waals surface area contributed by atoms with Crippen LogP contribution in [0.4, 0.5) is 5.82 Å². The zero-order valence-electron chi connectivity index (χ0n) is 13.2. The molecule has 1 heterocycles. The van der Waals surface area contributed by atoms with Crippen molar-refractivity contribution in [2.75, 3.05) is 32.2 Å². The van der Waals surface area contributed by atoms with Gasteiger partial charge in [0.25, 0.3) is 0 Å². The molecule has 1 aromatic rings. The summed E-state index contributed by atoms with van der Waals surface area (Å²) < 4.78 is 7.04. The number of hydrogen-bond donors (Lipinski definition) is 1. The maximum Gasteiger partial charge on any atom is 0.131 e. The molecule has 0 saturated heterocycles. The second kappa shape index (κ2) is 7.50. The van der Waals surface area contributed by atoms with Gasteiger partial charge in [-0.15, -0.1) is 0 Å². The highest BCUT2D eigenvalue weighted by molar-refractivity contribution is 5.50. The minimum Gasteiger partial charge on any atom is -0.383 e. The molecule has 0 spiro atoms. The van der Waals surface area contributed by atoms with Crippen LogP contribution in [-0.2, 0) is 18.3 Å². The second-order valence-electron chi connectivity index (χ2n) is 5.05. The smallest absolute Gasteiger partial charge is 0.131 e. The highest BCUT2D eigenvalue weighted by atomic mass is 16.5. The topological polar surface area (TPSA) is 42.3 Å². The number of ether oxygens (including phenoxy) is 1. The van der Waals surface area contributed by atoms with Crippen molar-refractivity contribution in [3.63, 3.8) is 0 Å². The van der Waals surface area contributed by atoms with Crippen LogP contribution in [0.25, 0.3) is 0 Å². The Morgan fingerprint density at radius 3 is 2.74 bits per heavy atom. The summed E-state index contributed by atoms with van der Waals surface area (Å²) in [4.78, 5) is 2.31. The van der Waals surface area contributed by atoms with Gasteiger partial charge in [-0.05, 0) is 20.3 Å². The van der Waals surface area contributed by atoms with Crippen LogP contribution in [0, 0.1) is 6.92 Å². The summed E-state index contributed by atoms with van der Waals surface area (Å²) in [7, 11) is 5.88. The molecule has 0 fully saturated rings. The molecule has 0 saturated carbocycles. The van der Waals surface area contributed by atoms with Gasteiger partial charge < -0.3 is 15.0 Å². The average Bonchev–Trinajstić information content (AvgIpc) is 2.67. The molecule has 1 rings (SSSR count). The number of rotatable bonds is 8. The number of anilines is 1. The van der Waals surface area contributed by atoms with Crippen molar-refractivity contribution in [3.8, 4) is 0 Å². The van der Waals surface area contributed by atoms with Gasteiger partial charge in [0.2, 0.25) is 0 Å². The summed E-state index contributed by atoms with van der Waals surface area (Å²) in [5.41, 5.74) is 2.37. The highest BCUT2D eigenvalue weighted by Crippen LogP contribution is 2.24. The van der Waals surface area contributed by atoms with Crippen LogP contribution in [0.3, 0.4) is 0 Å². The van der Waals surface area contributed by atoms with E-state index in [1.54, 1.807) is 7.11 Å². The van der Waals surface area contributed by atoms with Gasteiger partial charge in [-0.1, -0.05) is 6.92 Å². The van der Waals surface area contributed by atoms with Gasteiger partial charge in [0, 0.05) is 45.9 Å². The number of methoxy groups -OCH3 is 1. The van der Waals surface area contributed by atoms with E-state index in [1.807, 2.05) is 11.7 Å². The maximum atomic E-state index is 5.05. The van der Waals surface area contributed by atoms with Crippen LogP contribution >= 0.6 is 0 Å². The lowest BCUT2D eigenvalue weighted by atomic mass is 10.2. The molecule has 1 N–H and O–H groups in total. The third-order valence-corrected chi connectivity index (χ3v) is 3.68. The predicted octanol–water partition coefficient (Wildman–Crippen LogP) is 1.70. The van der Waals surface area contributed by atoms with Gasteiger partial charge in [-0.3, -0.25) is 4.68 Å². The number of hydrogen-bond acceptors (Lipinski definition) is 4. The van der Waals surface area contributed by atoms with E-state index >= 15 is 0 Å².